The van der Waals surface area contributed by atoms with Crippen LogP contribution in [-0.4, -0.2) is 55.4 Å². The monoisotopic (exact) mass is 362 g/mol. The Morgan fingerprint density at radius 1 is 1.38 bits per heavy atom. The lowest BCUT2D eigenvalue weighted by atomic mass is 9.92. The van der Waals surface area contributed by atoms with Crippen molar-refractivity contribution in [3.8, 4) is 0 Å². The average Bonchev–Trinajstić information content (AvgIpc) is 3.30. The van der Waals surface area contributed by atoms with Gasteiger partial charge in [0.15, 0.2) is 11.5 Å². The number of hydrogen-bond donors (Lipinski definition) is 2. The molecule has 1 saturated carbocycles. The largest absolute Gasteiger partial charge is 0.383 e. The van der Waals surface area contributed by atoms with E-state index in [1.807, 2.05) is 11.5 Å². The van der Waals surface area contributed by atoms with Crippen molar-refractivity contribution in [3.63, 3.8) is 0 Å². The first kappa shape index (κ1) is 18.5. The highest BCUT2D eigenvalue weighted by Gasteiger charge is 2.23. The van der Waals surface area contributed by atoms with Crippen molar-refractivity contribution in [1.29, 1.82) is 0 Å². The molecule has 142 valence electrons. The number of aromatic nitrogens is 6. The first-order chi connectivity index (χ1) is 12.6. The Hall–Kier alpha value is -2.33. The molecule has 0 radical (unpaired) electrons. The van der Waals surface area contributed by atoms with Gasteiger partial charge in [-0.15, -0.1) is 15.3 Å². The molecule has 10 nitrogen and oxygen atoms in total. The number of amides is 1. The Balaban J connectivity index is 1.61. The molecule has 1 amide bonds. The van der Waals surface area contributed by atoms with Crippen LogP contribution >= 0.6 is 0 Å². The predicted octanol–water partition coefficient (Wildman–Crippen LogP) is 0.449. The molecule has 0 saturated heterocycles. The summed E-state index contributed by atoms with van der Waals surface area (Å²) in [5, 5.41) is 19.1. The molecule has 0 aliphatic heterocycles. The van der Waals surface area contributed by atoms with Crippen molar-refractivity contribution < 1.29 is 9.53 Å². The molecule has 1 unspecified atom stereocenters. The fourth-order valence-corrected chi connectivity index (χ4v) is 3.22. The zero-order valence-corrected chi connectivity index (χ0v) is 15.2. The molecule has 2 aromatic rings. The summed E-state index contributed by atoms with van der Waals surface area (Å²) in [6, 6.07) is 0.229. The Morgan fingerprint density at radius 3 is 2.88 bits per heavy atom. The highest BCUT2D eigenvalue weighted by molar-refractivity contribution is 5.92. The zero-order valence-electron chi connectivity index (χ0n) is 15.2. The van der Waals surface area contributed by atoms with Crippen LogP contribution in [0.5, 0.6) is 0 Å². The van der Waals surface area contributed by atoms with Crippen molar-refractivity contribution in [2.24, 2.45) is 5.73 Å². The molecular weight excluding hydrogens is 336 g/mol. The van der Waals surface area contributed by atoms with Gasteiger partial charge in [-0.3, -0.25) is 4.79 Å². The summed E-state index contributed by atoms with van der Waals surface area (Å²) in [6.07, 6.45) is 7.20. The number of rotatable bonds is 7. The van der Waals surface area contributed by atoms with Crippen LogP contribution in [0.1, 0.15) is 61.0 Å². The smallest absolute Gasteiger partial charge is 0.274 e. The first-order valence-electron chi connectivity index (χ1n) is 8.93. The standard InChI is InChI=1S/C16H26N8O2/c1-11(15-21-18-10-23(15)7-8-26-2)19-16(25)14-9-24(22-20-14)13-5-3-12(17)4-6-13/h9-13H,3-8,17H2,1-2H3,(H,19,25). The third kappa shape index (κ3) is 4.25. The van der Waals surface area contributed by atoms with E-state index in [0.717, 1.165) is 25.7 Å². The van der Waals surface area contributed by atoms with Crippen molar-refractivity contribution in [2.45, 2.75) is 57.3 Å². The van der Waals surface area contributed by atoms with E-state index in [-0.39, 0.29) is 24.0 Å². The van der Waals surface area contributed by atoms with Crippen LogP contribution in [-0.2, 0) is 11.3 Å². The van der Waals surface area contributed by atoms with Gasteiger partial charge in [-0.25, -0.2) is 4.68 Å². The lowest BCUT2D eigenvalue weighted by Gasteiger charge is -2.25. The van der Waals surface area contributed by atoms with Crippen LogP contribution < -0.4 is 11.1 Å². The lowest BCUT2D eigenvalue weighted by molar-refractivity contribution is 0.0932. The van der Waals surface area contributed by atoms with Crippen molar-refractivity contribution >= 4 is 5.91 Å². The molecule has 1 aliphatic carbocycles. The number of ether oxygens (including phenoxy) is 1. The molecule has 1 aliphatic rings. The van der Waals surface area contributed by atoms with E-state index in [2.05, 4.69) is 25.8 Å². The molecule has 0 aromatic carbocycles. The maximum atomic E-state index is 12.5. The maximum Gasteiger partial charge on any atom is 0.274 e. The summed E-state index contributed by atoms with van der Waals surface area (Å²) in [5.41, 5.74) is 6.24. The highest BCUT2D eigenvalue weighted by Crippen LogP contribution is 2.26. The summed E-state index contributed by atoms with van der Waals surface area (Å²) in [6.45, 7) is 3.03. The Morgan fingerprint density at radius 2 is 2.15 bits per heavy atom. The third-order valence-electron chi connectivity index (χ3n) is 4.78. The van der Waals surface area contributed by atoms with Gasteiger partial charge in [-0.05, 0) is 32.6 Å². The number of methoxy groups -OCH3 is 1. The molecule has 3 rings (SSSR count). The van der Waals surface area contributed by atoms with Gasteiger partial charge in [0.2, 0.25) is 0 Å². The molecule has 26 heavy (non-hydrogen) atoms. The molecule has 0 spiro atoms. The minimum absolute atomic E-state index is 0.262. The van der Waals surface area contributed by atoms with Crippen LogP contribution in [0.4, 0.5) is 0 Å². The van der Waals surface area contributed by atoms with E-state index in [1.165, 1.54) is 0 Å². The lowest BCUT2D eigenvalue weighted by Crippen LogP contribution is -2.29. The summed E-state index contributed by atoms with van der Waals surface area (Å²) in [7, 11) is 1.64. The summed E-state index contributed by atoms with van der Waals surface area (Å²) in [4.78, 5) is 12.5. The first-order valence-corrected chi connectivity index (χ1v) is 8.93. The molecular formula is C16H26N8O2. The summed E-state index contributed by atoms with van der Waals surface area (Å²) in [5.74, 6) is 0.390. The van der Waals surface area contributed by atoms with Crippen LogP contribution in [0.15, 0.2) is 12.5 Å². The predicted molar refractivity (Wildman–Crippen MR) is 93.3 cm³/mol. The van der Waals surface area contributed by atoms with Gasteiger partial charge in [0, 0.05) is 19.7 Å². The van der Waals surface area contributed by atoms with E-state index in [4.69, 9.17) is 10.5 Å². The molecule has 3 N–H and O–H groups in total. The molecule has 1 fully saturated rings. The Bertz CT molecular complexity index is 719. The molecule has 10 heteroatoms. The number of carbonyl (C=O) groups is 1. The van der Waals surface area contributed by atoms with E-state index < -0.39 is 0 Å². The van der Waals surface area contributed by atoms with E-state index in [9.17, 15) is 4.79 Å². The fraction of sp³-hybridized carbons (Fsp3) is 0.688. The van der Waals surface area contributed by atoms with Crippen molar-refractivity contribution in [2.75, 3.05) is 13.7 Å². The van der Waals surface area contributed by atoms with Gasteiger partial charge < -0.3 is 20.4 Å². The zero-order chi connectivity index (χ0) is 18.5. The van der Waals surface area contributed by atoms with E-state index in [0.29, 0.717) is 24.7 Å². The quantitative estimate of drug-likeness (QED) is 0.732. The molecule has 0 bridgehead atoms. The molecule has 1 atom stereocenters. The van der Waals surface area contributed by atoms with Gasteiger partial charge in [0.05, 0.1) is 24.9 Å². The van der Waals surface area contributed by atoms with Crippen LogP contribution in [0.2, 0.25) is 0 Å². The number of nitrogens with two attached hydrogens (primary N) is 1. The van der Waals surface area contributed by atoms with Crippen LogP contribution in [0.3, 0.4) is 0 Å². The van der Waals surface area contributed by atoms with Gasteiger partial charge in [-0.1, -0.05) is 5.21 Å². The highest BCUT2D eigenvalue weighted by atomic mass is 16.5. The minimum atomic E-state index is -0.306. The van der Waals surface area contributed by atoms with Gasteiger partial charge in [-0.2, -0.15) is 0 Å². The van der Waals surface area contributed by atoms with E-state index in [1.54, 1.807) is 24.3 Å². The number of nitrogens with zero attached hydrogens (tertiary/aromatic N) is 6. The second-order valence-electron chi connectivity index (χ2n) is 6.72. The maximum absolute atomic E-state index is 12.5. The Kier molecular flexibility index (Phi) is 5.94. The Labute approximate surface area is 152 Å². The molecule has 2 heterocycles. The summed E-state index contributed by atoms with van der Waals surface area (Å²) < 4.78 is 8.72. The molecule has 2 aromatic heterocycles. The second-order valence-corrected chi connectivity index (χ2v) is 6.72. The average molecular weight is 362 g/mol. The van der Waals surface area contributed by atoms with Crippen molar-refractivity contribution in [3.05, 3.63) is 24.0 Å². The van der Waals surface area contributed by atoms with Gasteiger partial charge >= 0.3 is 0 Å². The van der Waals surface area contributed by atoms with Crippen LogP contribution in [0.25, 0.3) is 0 Å². The number of carbonyl (C=O) groups excluding carboxylic acids is 1. The third-order valence-corrected chi connectivity index (χ3v) is 4.78. The van der Waals surface area contributed by atoms with Gasteiger partial charge in [0.25, 0.3) is 5.91 Å². The normalized spacial score (nSPS) is 21.5. The SMILES string of the molecule is COCCn1cnnc1C(C)NC(=O)c1cn(C2CCC(N)CC2)nn1. The minimum Gasteiger partial charge on any atom is -0.383 e. The van der Waals surface area contributed by atoms with Gasteiger partial charge in [0.1, 0.15) is 6.33 Å². The number of hydrogen-bond acceptors (Lipinski definition) is 7. The topological polar surface area (TPSA) is 126 Å². The summed E-state index contributed by atoms with van der Waals surface area (Å²) >= 11 is 0. The van der Waals surface area contributed by atoms with E-state index >= 15 is 0 Å². The van der Waals surface area contributed by atoms with Crippen LogP contribution in [0, 0.1) is 0 Å². The second kappa shape index (κ2) is 8.37. The number of nitrogens with one attached hydrogen (secondary N) is 1. The van der Waals surface area contributed by atoms with Crippen molar-refractivity contribution in [1.82, 2.24) is 35.1 Å². The fourth-order valence-electron chi connectivity index (χ4n) is 3.22.